The third-order valence-corrected chi connectivity index (χ3v) is 6.69. The molecule has 1 aliphatic carbocycles. The Morgan fingerprint density at radius 2 is 2.13 bits per heavy atom. The van der Waals surface area contributed by atoms with Gasteiger partial charge in [-0.1, -0.05) is 19.9 Å². The Hall–Kier alpha value is -2.74. The van der Waals surface area contributed by atoms with E-state index in [0.717, 1.165) is 25.3 Å². The molecule has 1 aromatic rings. The van der Waals surface area contributed by atoms with Crippen molar-refractivity contribution in [3.63, 3.8) is 0 Å². The highest BCUT2D eigenvalue weighted by Crippen LogP contribution is 2.55. The van der Waals surface area contributed by atoms with Gasteiger partial charge in [-0.3, -0.25) is 0 Å². The van der Waals surface area contributed by atoms with Gasteiger partial charge < -0.3 is 34.3 Å². The monoisotopic (exact) mass is 430 g/mol. The molecule has 3 aliphatic rings. The number of alkyl carbamates (subject to hydrolysis) is 1. The Balaban J connectivity index is 1.57. The Morgan fingerprint density at radius 1 is 1.35 bits per heavy atom. The quantitative estimate of drug-likeness (QED) is 0.635. The molecule has 1 amide bonds. The molecule has 1 aromatic carbocycles. The van der Waals surface area contributed by atoms with Gasteiger partial charge in [0.2, 0.25) is 0 Å². The predicted octanol–water partition coefficient (Wildman–Crippen LogP) is -0.0584. The smallest absolute Gasteiger partial charge is 0.408 e. The van der Waals surface area contributed by atoms with Gasteiger partial charge in [0.1, 0.15) is 18.8 Å². The van der Waals surface area contributed by atoms with Crippen LogP contribution in [0.4, 0.5) is 4.79 Å². The van der Waals surface area contributed by atoms with Gasteiger partial charge in [-0.05, 0) is 24.1 Å². The third kappa shape index (κ3) is 3.73. The summed E-state index contributed by atoms with van der Waals surface area (Å²) in [5.41, 5.74) is 2.16. The van der Waals surface area contributed by atoms with Crippen LogP contribution in [-0.2, 0) is 21.5 Å². The molecule has 0 aromatic heterocycles. The summed E-state index contributed by atoms with van der Waals surface area (Å²) in [5.74, 6) is -0.146. The topological polar surface area (TPSA) is 101 Å². The number of nitrogens with one attached hydrogen (secondary N) is 2. The highest BCUT2D eigenvalue weighted by Gasteiger charge is 2.54. The number of carboxylic acid groups (broad SMARTS) is 1. The molecule has 2 N–H and O–H groups in total. The number of amides is 1. The zero-order valence-electron chi connectivity index (χ0n) is 18.4. The normalized spacial score (nSPS) is 29.3. The second-order valence-electron chi connectivity index (χ2n) is 9.14. The average Bonchev–Trinajstić information content (AvgIpc) is 2.97. The van der Waals surface area contributed by atoms with Crippen LogP contribution in [0.3, 0.4) is 0 Å². The van der Waals surface area contributed by atoms with Crippen LogP contribution in [0.25, 0.3) is 0 Å². The molecule has 168 valence electrons. The number of methoxy groups -OCH3 is 1. The van der Waals surface area contributed by atoms with Crippen molar-refractivity contribution in [3.05, 3.63) is 35.4 Å². The van der Waals surface area contributed by atoms with Gasteiger partial charge in [0.15, 0.2) is 11.5 Å². The zero-order chi connectivity index (χ0) is 22.3. The molecule has 0 saturated heterocycles. The van der Waals surface area contributed by atoms with Gasteiger partial charge in [-0.15, -0.1) is 0 Å². The van der Waals surface area contributed by atoms with Gasteiger partial charge in [0.05, 0.1) is 38.1 Å². The maximum absolute atomic E-state index is 12.3. The minimum Gasteiger partial charge on any atom is -0.548 e. The van der Waals surface area contributed by atoms with Crippen molar-refractivity contribution in [1.29, 1.82) is 0 Å². The van der Waals surface area contributed by atoms with Crippen LogP contribution >= 0.6 is 0 Å². The number of quaternary nitrogens is 1. The summed E-state index contributed by atoms with van der Waals surface area (Å²) in [5, 5.41) is 13.7. The molecule has 2 aliphatic heterocycles. The van der Waals surface area contributed by atoms with Crippen molar-refractivity contribution in [1.82, 2.24) is 5.32 Å². The van der Waals surface area contributed by atoms with Crippen LogP contribution in [0.1, 0.15) is 37.8 Å². The number of aliphatic carboxylic acids is 1. The number of ether oxygens (including phenoxy) is 3. The number of benzene rings is 1. The minimum atomic E-state index is -1.33. The SMILES string of the molecule is COc1ccc2c3c1O[C@H]1C[C@@H](OC(=O)N[C@H](C(=O)[O-])C(C)C)C=C[C@@]31CC[NH+](C)C2. The number of carbonyl (C=O) groups excluding carboxylic acids is 2. The van der Waals surface area contributed by atoms with Crippen LogP contribution in [0.5, 0.6) is 11.5 Å². The molecule has 8 heteroatoms. The first-order chi connectivity index (χ1) is 14.7. The number of hydrogen-bond acceptors (Lipinski definition) is 6. The molecule has 0 radical (unpaired) electrons. The maximum Gasteiger partial charge on any atom is 0.408 e. The molecule has 5 atom stereocenters. The average molecular weight is 431 g/mol. The maximum atomic E-state index is 12.3. The van der Waals surface area contributed by atoms with Crippen molar-refractivity contribution in [3.8, 4) is 11.5 Å². The number of rotatable bonds is 5. The van der Waals surface area contributed by atoms with Crippen LogP contribution in [0.2, 0.25) is 0 Å². The van der Waals surface area contributed by atoms with E-state index >= 15 is 0 Å². The third-order valence-electron chi connectivity index (χ3n) is 6.69. The van der Waals surface area contributed by atoms with Crippen LogP contribution in [0.15, 0.2) is 24.3 Å². The van der Waals surface area contributed by atoms with E-state index in [2.05, 4.69) is 24.5 Å². The molecule has 8 nitrogen and oxygen atoms in total. The van der Waals surface area contributed by atoms with E-state index in [1.165, 1.54) is 16.0 Å². The predicted molar refractivity (Wildman–Crippen MR) is 110 cm³/mol. The summed E-state index contributed by atoms with van der Waals surface area (Å²) < 4.78 is 17.5. The molecule has 4 rings (SSSR count). The molecule has 0 fully saturated rings. The lowest BCUT2D eigenvalue weighted by Crippen LogP contribution is -3.07. The fourth-order valence-corrected chi connectivity index (χ4v) is 5.05. The Labute approximate surface area is 182 Å². The standard InChI is InChI=1S/C23H30N2O6/c1-13(2)19(21(26)27)24-22(28)30-15-7-8-23-9-10-25(3)12-14-5-6-16(29-4)20(18(14)23)31-17(23)11-15/h5-8,13,15,17,19H,9-12H2,1-4H3,(H,24,28)(H,26,27)/t15-,17-,19-,23-/m0/s1. The van der Waals surface area contributed by atoms with E-state index in [1.807, 2.05) is 12.1 Å². The summed E-state index contributed by atoms with van der Waals surface area (Å²) in [7, 11) is 3.83. The molecular weight excluding hydrogens is 400 g/mol. The Bertz CT molecular complexity index is 914. The Kier molecular flexibility index (Phi) is 5.60. The number of carbonyl (C=O) groups is 2. The molecule has 0 bridgehead atoms. The zero-order valence-corrected chi connectivity index (χ0v) is 18.4. The second kappa shape index (κ2) is 8.07. The van der Waals surface area contributed by atoms with Crippen LogP contribution in [-0.4, -0.2) is 51.0 Å². The summed E-state index contributed by atoms with van der Waals surface area (Å²) in [6, 6.07) is 2.97. The first-order valence-corrected chi connectivity index (χ1v) is 10.8. The summed E-state index contributed by atoms with van der Waals surface area (Å²) in [4.78, 5) is 25.0. The lowest BCUT2D eigenvalue weighted by atomic mass is 9.69. The van der Waals surface area contributed by atoms with Gasteiger partial charge in [-0.2, -0.15) is 0 Å². The van der Waals surface area contributed by atoms with Crippen LogP contribution < -0.4 is 24.8 Å². The van der Waals surface area contributed by atoms with Crippen molar-refractivity contribution >= 4 is 12.1 Å². The molecule has 1 unspecified atom stereocenters. The largest absolute Gasteiger partial charge is 0.548 e. The molecule has 2 heterocycles. The van der Waals surface area contributed by atoms with Crippen molar-refractivity contribution in [2.75, 3.05) is 20.7 Å². The van der Waals surface area contributed by atoms with Gasteiger partial charge in [-0.25, -0.2) is 4.79 Å². The van der Waals surface area contributed by atoms with Crippen LogP contribution in [0, 0.1) is 5.92 Å². The van der Waals surface area contributed by atoms with E-state index < -0.39 is 24.2 Å². The summed E-state index contributed by atoms with van der Waals surface area (Å²) >= 11 is 0. The van der Waals surface area contributed by atoms with Gasteiger partial charge >= 0.3 is 6.09 Å². The van der Waals surface area contributed by atoms with Crippen molar-refractivity contribution in [2.24, 2.45) is 5.92 Å². The van der Waals surface area contributed by atoms with Gasteiger partial charge in [0, 0.05) is 24.0 Å². The molecule has 31 heavy (non-hydrogen) atoms. The summed E-state index contributed by atoms with van der Waals surface area (Å²) in [6.07, 6.45) is 3.96. The lowest BCUT2D eigenvalue weighted by molar-refractivity contribution is -0.893. The fraction of sp³-hybridized carbons (Fsp3) is 0.565. The second-order valence-corrected chi connectivity index (χ2v) is 9.14. The number of carboxylic acids is 1. The fourth-order valence-electron chi connectivity index (χ4n) is 5.05. The highest BCUT2D eigenvalue weighted by molar-refractivity contribution is 5.79. The van der Waals surface area contributed by atoms with Crippen molar-refractivity contribution < 1.29 is 33.8 Å². The minimum absolute atomic E-state index is 0.187. The van der Waals surface area contributed by atoms with E-state index in [4.69, 9.17) is 14.2 Å². The highest BCUT2D eigenvalue weighted by atomic mass is 16.6. The first kappa shape index (κ1) is 21.5. The van der Waals surface area contributed by atoms with E-state index in [9.17, 15) is 14.7 Å². The lowest BCUT2D eigenvalue weighted by Gasteiger charge is -2.36. The van der Waals surface area contributed by atoms with Crippen molar-refractivity contribution in [2.45, 2.75) is 56.9 Å². The molecular formula is C23H30N2O6. The Morgan fingerprint density at radius 3 is 2.81 bits per heavy atom. The number of hydrogen-bond donors (Lipinski definition) is 2. The van der Waals surface area contributed by atoms with E-state index in [1.54, 1.807) is 21.0 Å². The van der Waals surface area contributed by atoms with E-state index in [-0.39, 0.29) is 17.4 Å². The summed E-state index contributed by atoms with van der Waals surface area (Å²) in [6.45, 7) is 5.31. The molecule has 0 saturated carbocycles. The molecule has 1 spiro atoms. The van der Waals surface area contributed by atoms with Gasteiger partial charge in [0.25, 0.3) is 0 Å². The first-order valence-electron chi connectivity index (χ1n) is 10.8. The van der Waals surface area contributed by atoms with E-state index in [0.29, 0.717) is 12.2 Å².